The van der Waals surface area contributed by atoms with E-state index in [1.165, 1.54) is 0 Å². The summed E-state index contributed by atoms with van der Waals surface area (Å²) in [7, 11) is 0. The summed E-state index contributed by atoms with van der Waals surface area (Å²) in [6, 6.07) is -0.0175. The molecule has 0 aromatic carbocycles. The lowest BCUT2D eigenvalue weighted by molar-refractivity contribution is -0.137. The summed E-state index contributed by atoms with van der Waals surface area (Å²) in [6.07, 6.45) is 3.08. The number of ether oxygens (including phenoxy) is 2. The molecule has 0 radical (unpaired) electrons. The lowest BCUT2D eigenvalue weighted by Crippen LogP contribution is -2.43. The fraction of sp³-hybridized carbons (Fsp3) is 0.929. The van der Waals surface area contributed by atoms with Crippen LogP contribution >= 0.6 is 0 Å². The van der Waals surface area contributed by atoms with E-state index in [2.05, 4.69) is 13.8 Å². The van der Waals surface area contributed by atoms with Gasteiger partial charge in [-0.25, -0.2) is 0 Å². The highest BCUT2D eigenvalue weighted by Crippen LogP contribution is 2.36. The van der Waals surface area contributed by atoms with Gasteiger partial charge in [0.25, 0.3) is 0 Å². The van der Waals surface area contributed by atoms with Crippen molar-refractivity contribution in [1.29, 1.82) is 0 Å². The van der Waals surface area contributed by atoms with E-state index in [0.29, 0.717) is 31.3 Å². The van der Waals surface area contributed by atoms with Gasteiger partial charge in [-0.15, -0.1) is 0 Å². The second-order valence-corrected chi connectivity index (χ2v) is 6.10. The molecule has 2 N–H and O–H groups in total. The van der Waals surface area contributed by atoms with E-state index < -0.39 is 0 Å². The van der Waals surface area contributed by atoms with Gasteiger partial charge in [0, 0.05) is 38.0 Å². The average molecular weight is 255 g/mol. The summed E-state index contributed by atoms with van der Waals surface area (Å²) in [6.45, 7) is 6.21. The van der Waals surface area contributed by atoms with E-state index in [-0.39, 0.29) is 17.6 Å². The second-order valence-electron chi connectivity index (χ2n) is 6.10. The Balaban J connectivity index is 1.90. The Labute approximate surface area is 109 Å². The first-order valence-corrected chi connectivity index (χ1v) is 7.02. The molecule has 2 aliphatic heterocycles. The summed E-state index contributed by atoms with van der Waals surface area (Å²) in [5.41, 5.74) is 5.81. The third-order valence-corrected chi connectivity index (χ3v) is 4.31. The standard InChI is InChI=1S/C14H25NO3/c1-10(2)12(15)7-13(16)11-3-5-18-14(8-11)4-6-17-9-14/h10-12H,3-9,15H2,1-2H3. The molecule has 0 saturated carbocycles. The topological polar surface area (TPSA) is 61.6 Å². The van der Waals surface area contributed by atoms with E-state index in [0.717, 1.165) is 25.9 Å². The summed E-state index contributed by atoms with van der Waals surface area (Å²) in [5.74, 6) is 0.786. The van der Waals surface area contributed by atoms with Gasteiger partial charge < -0.3 is 15.2 Å². The summed E-state index contributed by atoms with van der Waals surface area (Å²) < 4.78 is 11.3. The molecule has 104 valence electrons. The molecule has 0 bridgehead atoms. The van der Waals surface area contributed by atoms with Crippen molar-refractivity contribution >= 4 is 5.78 Å². The molecule has 0 aromatic heterocycles. The number of nitrogens with two attached hydrogens (primary N) is 1. The predicted octanol–water partition coefficient (Wildman–Crippen LogP) is 1.51. The Bertz CT molecular complexity index is 297. The van der Waals surface area contributed by atoms with Crippen molar-refractivity contribution in [3.63, 3.8) is 0 Å². The van der Waals surface area contributed by atoms with Crippen LogP contribution in [0.3, 0.4) is 0 Å². The molecule has 2 fully saturated rings. The van der Waals surface area contributed by atoms with Crippen LogP contribution < -0.4 is 5.73 Å². The quantitative estimate of drug-likeness (QED) is 0.827. The van der Waals surface area contributed by atoms with Crippen LogP contribution in [0.25, 0.3) is 0 Å². The van der Waals surface area contributed by atoms with Crippen LogP contribution in [0.4, 0.5) is 0 Å². The highest BCUT2D eigenvalue weighted by molar-refractivity contribution is 5.81. The Hall–Kier alpha value is -0.450. The number of Topliss-reactive ketones (excluding diaryl/α,β-unsaturated/α-hetero) is 1. The molecule has 1 spiro atoms. The Kier molecular flexibility index (Phi) is 4.41. The monoisotopic (exact) mass is 255 g/mol. The van der Waals surface area contributed by atoms with Crippen molar-refractivity contribution in [2.75, 3.05) is 19.8 Å². The SMILES string of the molecule is CC(C)C(N)CC(=O)C1CCOC2(CCOC2)C1. The molecule has 3 atom stereocenters. The van der Waals surface area contributed by atoms with Gasteiger partial charge in [-0.2, -0.15) is 0 Å². The lowest BCUT2D eigenvalue weighted by atomic mass is 9.81. The molecule has 4 nitrogen and oxygen atoms in total. The molecular weight excluding hydrogens is 230 g/mol. The largest absolute Gasteiger partial charge is 0.378 e. The van der Waals surface area contributed by atoms with E-state index in [1.807, 2.05) is 0 Å². The number of ketones is 1. The number of carbonyl (C=O) groups is 1. The van der Waals surface area contributed by atoms with Gasteiger partial charge in [0.05, 0.1) is 12.2 Å². The summed E-state index contributed by atoms with van der Waals surface area (Å²) >= 11 is 0. The van der Waals surface area contributed by atoms with Crippen molar-refractivity contribution in [3.05, 3.63) is 0 Å². The van der Waals surface area contributed by atoms with Gasteiger partial charge in [0.2, 0.25) is 0 Å². The minimum atomic E-state index is -0.180. The number of rotatable bonds is 4. The van der Waals surface area contributed by atoms with E-state index in [9.17, 15) is 4.79 Å². The van der Waals surface area contributed by atoms with Gasteiger partial charge in [0.1, 0.15) is 5.78 Å². The fourth-order valence-corrected chi connectivity index (χ4v) is 2.80. The predicted molar refractivity (Wildman–Crippen MR) is 69.3 cm³/mol. The van der Waals surface area contributed by atoms with Crippen LogP contribution in [-0.4, -0.2) is 37.2 Å². The van der Waals surface area contributed by atoms with Crippen LogP contribution in [0.5, 0.6) is 0 Å². The molecule has 3 unspecified atom stereocenters. The van der Waals surface area contributed by atoms with Crippen molar-refractivity contribution in [3.8, 4) is 0 Å². The molecule has 2 heterocycles. The maximum atomic E-state index is 12.3. The molecule has 2 saturated heterocycles. The molecule has 4 heteroatoms. The minimum absolute atomic E-state index is 0.0175. The minimum Gasteiger partial charge on any atom is -0.378 e. The third kappa shape index (κ3) is 3.11. The average Bonchev–Trinajstić information content (AvgIpc) is 2.77. The van der Waals surface area contributed by atoms with E-state index in [4.69, 9.17) is 15.2 Å². The Morgan fingerprint density at radius 2 is 2.22 bits per heavy atom. The summed E-state index contributed by atoms with van der Waals surface area (Å²) in [4.78, 5) is 12.3. The van der Waals surface area contributed by atoms with Crippen molar-refractivity contribution in [2.24, 2.45) is 17.6 Å². The van der Waals surface area contributed by atoms with Crippen molar-refractivity contribution in [2.45, 2.75) is 51.2 Å². The first-order valence-electron chi connectivity index (χ1n) is 7.02. The van der Waals surface area contributed by atoms with Gasteiger partial charge in [-0.3, -0.25) is 4.79 Å². The smallest absolute Gasteiger partial charge is 0.137 e. The zero-order valence-electron chi connectivity index (χ0n) is 11.5. The highest BCUT2D eigenvalue weighted by atomic mass is 16.6. The van der Waals surface area contributed by atoms with Crippen LogP contribution in [-0.2, 0) is 14.3 Å². The molecule has 2 aliphatic rings. The van der Waals surface area contributed by atoms with Crippen LogP contribution in [0.2, 0.25) is 0 Å². The van der Waals surface area contributed by atoms with Crippen molar-refractivity contribution in [1.82, 2.24) is 0 Å². The van der Waals surface area contributed by atoms with Gasteiger partial charge in [0.15, 0.2) is 0 Å². The first kappa shape index (κ1) is 14.0. The third-order valence-electron chi connectivity index (χ3n) is 4.31. The normalized spacial score (nSPS) is 34.1. The van der Waals surface area contributed by atoms with Crippen LogP contribution in [0.15, 0.2) is 0 Å². The molecule has 0 amide bonds. The zero-order valence-corrected chi connectivity index (χ0v) is 11.5. The van der Waals surface area contributed by atoms with Crippen LogP contribution in [0.1, 0.15) is 39.5 Å². The number of hydrogen-bond donors (Lipinski definition) is 1. The first-order chi connectivity index (χ1) is 8.52. The summed E-state index contributed by atoms with van der Waals surface area (Å²) in [5, 5.41) is 0. The molecule has 18 heavy (non-hydrogen) atoms. The fourth-order valence-electron chi connectivity index (χ4n) is 2.80. The Morgan fingerprint density at radius 1 is 1.44 bits per heavy atom. The van der Waals surface area contributed by atoms with Gasteiger partial charge >= 0.3 is 0 Å². The van der Waals surface area contributed by atoms with Gasteiger partial charge in [-0.05, 0) is 18.8 Å². The lowest BCUT2D eigenvalue weighted by Gasteiger charge is -2.36. The number of hydrogen-bond acceptors (Lipinski definition) is 4. The maximum Gasteiger partial charge on any atom is 0.137 e. The van der Waals surface area contributed by atoms with Gasteiger partial charge in [-0.1, -0.05) is 13.8 Å². The Morgan fingerprint density at radius 3 is 2.83 bits per heavy atom. The van der Waals surface area contributed by atoms with E-state index >= 15 is 0 Å². The molecular formula is C14H25NO3. The molecule has 2 rings (SSSR count). The highest BCUT2D eigenvalue weighted by Gasteiger charge is 2.42. The van der Waals surface area contributed by atoms with Crippen LogP contribution in [0, 0.1) is 11.8 Å². The molecule has 0 aromatic rings. The second kappa shape index (κ2) is 5.68. The van der Waals surface area contributed by atoms with Crippen molar-refractivity contribution < 1.29 is 14.3 Å². The zero-order chi connectivity index (χ0) is 13.2. The van der Waals surface area contributed by atoms with E-state index in [1.54, 1.807) is 0 Å². The maximum absolute atomic E-state index is 12.3. The molecule has 0 aliphatic carbocycles. The number of carbonyl (C=O) groups excluding carboxylic acids is 1.